The van der Waals surface area contributed by atoms with Crippen molar-refractivity contribution in [2.75, 3.05) is 33.2 Å². The number of aliphatic hydroxyl groups excluding tert-OH is 2. The van der Waals surface area contributed by atoms with Crippen molar-refractivity contribution in [3.8, 4) is 0 Å². The van der Waals surface area contributed by atoms with E-state index < -0.39 is 12.2 Å². The van der Waals surface area contributed by atoms with Crippen molar-refractivity contribution >= 4 is 5.91 Å². The van der Waals surface area contributed by atoms with Gasteiger partial charge in [-0.2, -0.15) is 0 Å². The van der Waals surface area contributed by atoms with Gasteiger partial charge in [0.25, 0.3) is 0 Å². The molecule has 2 N–H and O–H groups in total. The van der Waals surface area contributed by atoms with Crippen LogP contribution in [-0.4, -0.2) is 71.4 Å². The van der Waals surface area contributed by atoms with Crippen molar-refractivity contribution < 1.29 is 15.0 Å². The maximum absolute atomic E-state index is 11.5. The fraction of sp³-hybridized carbons (Fsp3) is 0.889. The molecular formula is C9H18N2O3. The highest BCUT2D eigenvalue weighted by Crippen LogP contribution is 2.09. The van der Waals surface area contributed by atoms with Gasteiger partial charge in [0.1, 0.15) is 0 Å². The van der Waals surface area contributed by atoms with Crippen LogP contribution in [0.4, 0.5) is 0 Å². The zero-order valence-corrected chi connectivity index (χ0v) is 8.68. The summed E-state index contributed by atoms with van der Waals surface area (Å²) in [6.07, 6.45) is -1.43. The number of likely N-dealkylation sites (N-methyl/N-ethyl adjacent to an activating group) is 1. The average molecular weight is 202 g/mol. The van der Waals surface area contributed by atoms with Gasteiger partial charge in [-0.3, -0.25) is 9.69 Å². The van der Waals surface area contributed by atoms with Gasteiger partial charge in [-0.15, -0.1) is 0 Å². The molecule has 0 radical (unpaired) electrons. The number of likely N-dealkylation sites (tertiary alicyclic amines) is 1. The molecule has 1 aliphatic rings. The van der Waals surface area contributed by atoms with Gasteiger partial charge < -0.3 is 15.1 Å². The van der Waals surface area contributed by atoms with Crippen LogP contribution in [0.2, 0.25) is 0 Å². The Morgan fingerprint density at radius 2 is 1.93 bits per heavy atom. The second-order valence-electron chi connectivity index (χ2n) is 3.74. The first kappa shape index (κ1) is 11.4. The van der Waals surface area contributed by atoms with Crippen LogP contribution in [0.25, 0.3) is 0 Å². The number of carbonyl (C=O) groups excluding carboxylic acids is 1. The molecule has 1 saturated heterocycles. The smallest absolute Gasteiger partial charge is 0.236 e. The summed E-state index contributed by atoms with van der Waals surface area (Å²) in [5, 5.41) is 18.5. The number of hydrogen-bond acceptors (Lipinski definition) is 4. The lowest BCUT2D eigenvalue weighted by molar-refractivity contribution is -0.130. The van der Waals surface area contributed by atoms with E-state index in [1.54, 1.807) is 16.8 Å². The van der Waals surface area contributed by atoms with Crippen LogP contribution in [0.5, 0.6) is 0 Å². The van der Waals surface area contributed by atoms with Crippen LogP contribution in [0.3, 0.4) is 0 Å². The topological polar surface area (TPSA) is 64.0 Å². The van der Waals surface area contributed by atoms with E-state index in [9.17, 15) is 15.0 Å². The summed E-state index contributed by atoms with van der Waals surface area (Å²) in [6.45, 7) is 3.62. The van der Waals surface area contributed by atoms with Crippen LogP contribution in [0.1, 0.15) is 6.92 Å². The number of amides is 1. The maximum Gasteiger partial charge on any atom is 0.236 e. The minimum absolute atomic E-state index is 0.0220. The minimum Gasteiger partial charge on any atom is -0.389 e. The molecule has 14 heavy (non-hydrogen) atoms. The SMILES string of the molecule is CCN(C)C(=O)CN1C[C@@H](O)[C@@H](O)C1. The standard InChI is InChI=1S/C9H18N2O3/c1-3-10(2)9(14)6-11-4-7(12)8(13)5-11/h7-8,12-13H,3-6H2,1-2H3/t7-,8+. The molecule has 0 aromatic rings. The number of aliphatic hydroxyl groups is 2. The fourth-order valence-corrected chi connectivity index (χ4v) is 1.46. The molecule has 0 bridgehead atoms. The summed E-state index contributed by atoms with van der Waals surface area (Å²) in [5.74, 6) is 0.0220. The second-order valence-corrected chi connectivity index (χ2v) is 3.74. The average Bonchev–Trinajstić information content (AvgIpc) is 2.44. The Labute approximate surface area is 83.9 Å². The lowest BCUT2D eigenvalue weighted by Gasteiger charge is -2.19. The molecule has 2 atom stereocenters. The van der Waals surface area contributed by atoms with Gasteiger partial charge in [0.15, 0.2) is 0 Å². The summed E-state index contributed by atoms with van der Waals surface area (Å²) >= 11 is 0. The third-order valence-electron chi connectivity index (χ3n) is 2.59. The summed E-state index contributed by atoms with van der Waals surface area (Å²) < 4.78 is 0. The molecule has 5 nitrogen and oxygen atoms in total. The van der Waals surface area contributed by atoms with Crippen LogP contribution in [0.15, 0.2) is 0 Å². The van der Waals surface area contributed by atoms with Crippen LogP contribution in [-0.2, 0) is 4.79 Å². The number of hydrogen-bond donors (Lipinski definition) is 2. The number of rotatable bonds is 3. The van der Waals surface area contributed by atoms with Crippen molar-refractivity contribution in [2.24, 2.45) is 0 Å². The largest absolute Gasteiger partial charge is 0.389 e. The van der Waals surface area contributed by atoms with Gasteiger partial charge in [0.2, 0.25) is 5.91 Å². The van der Waals surface area contributed by atoms with E-state index >= 15 is 0 Å². The van der Waals surface area contributed by atoms with Crippen LogP contribution >= 0.6 is 0 Å². The van der Waals surface area contributed by atoms with E-state index in [2.05, 4.69) is 0 Å². The molecule has 0 spiro atoms. The van der Waals surface area contributed by atoms with Gasteiger partial charge in [-0.05, 0) is 6.92 Å². The Balaban J connectivity index is 2.35. The van der Waals surface area contributed by atoms with Crippen molar-refractivity contribution in [3.05, 3.63) is 0 Å². The molecule has 0 saturated carbocycles. The van der Waals surface area contributed by atoms with Crippen molar-refractivity contribution in [2.45, 2.75) is 19.1 Å². The first-order chi connectivity index (χ1) is 6.54. The third-order valence-corrected chi connectivity index (χ3v) is 2.59. The Bertz CT molecular complexity index is 200. The number of carbonyl (C=O) groups is 1. The second kappa shape index (κ2) is 4.72. The highest BCUT2D eigenvalue weighted by Gasteiger charge is 2.30. The maximum atomic E-state index is 11.5. The quantitative estimate of drug-likeness (QED) is 0.585. The Morgan fingerprint density at radius 3 is 2.36 bits per heavy atom. The zero-order valence-electron chi connectivity index (χ0n) is 8.68. The number of β-amino-alcohol motifs (C(OH)–C–C–N with tert-alkyl or cyclic N) is 2. The molecule has 0 unspecified atom stereocenters. The normalized spacial score (nSPS) is 28.0. The molecule has 1 fully saturated rings. The Hall–Kier alpha value is -0.650. The molecule has 82 valence electrons. The molecule has 0 aromatic heterocycles. The molecule has 0 aliphatic carbocycles. The van der Waals surface area contributed by atoms with Gasteiger partial charge in [0, 0.05) is 26.7 Å². The molecule has 0 aromatic carbocycles. The fourth-order valence-electron chi connectivity index (χ4n) is 1.46. The molecular weight excluding hydrogens is 184 g/mol. The van der Waals surface area contributed by atoms with Gasteiger partial charge in [-0.1, -0.05) is 0 Å². The first-order valence-electron chi connectivity index (χ1n) is 4.87. The lowest BCUT2D eigenvalue weighted by atomic mass is 10.3. The van der Waals surface area contributed by atoms with Crippen LogP contribution < -0.4 is 0 Å². The Morgan fingerprint density at radius 1 is 1.43 bits per heavy atom. The predicted molar refractivity (Wildman–Crippen MR) is 51.8 cm³/mol. The summed E-state index contributed by atoms with van der Waals surface area (Å²) in [7, 11) is 1.74. The Kier molecular flexibility index (Phi) is 3.86. The lowest BCUT2D eigenvalue weighted by Crippen LogP contribution is -2.37. The summed E-state index contributed by atoms with van der Waals surface area (Å²) in [6, 6.07) is 0. The molecule has 1 aliphatic heterocycles. The molecule has 1 heterocycles. The van der Waals surface area contributed by atoms with Crippen molar-refractivity contribution in [1.29, 1.82) is 0 Å². The highest BCUT2D eigenvalue weighted by molar-refractivity contribution is 5.77. The van der Waals surface area contributed by atoms with Gasteiger partial charge in [0.05, 0.1) is 18.8 Å². The van der Waals surface area contributed by atoms with Crippen molar-refractivity contribution in [1.82, 2.24) is 9.80 Å². The van der Waals surface area contributed by atoms with Gasteiger partial charge in [-0.25, -0.2) is 0 Å². The third kappa shape index (κ3) is 2.67. The van der Waals surface area contributed by atoms with Crippen LogP contribution in [0, 0.1) is 0 Å². The van der Waals surface area contributed by atoms with E-state index in [0.717, 1.165) is 0 Å². The molecule has 5 heteroatoms. The summed E-state index contributed by atoms with van der Waals surface area (Å²) in [5.41, 5.74) is 0. The highest BCUT2D eigenvalue weighted by atomic mass is 16.3. The van der Waals surface area contributed by atoms with E-state index in [-0.39, 0.29) is 12.5 Å². The van der Waals surface area contributed by atoms with E-state index in [0.29, 0.717) is 19.6 Å². The van der Waals surface area contributed by atoms with Crippen molar-refractivity contribution in [3.63, 3.8) is 0 Å². The number of nitrogens with zero attached hydrogens (tertiary/aromatic N) is 2. The van der Waals surface area contributed by atoms with E-state index in [4.69, 9.17) is 0 Å². The monoisotopic (exact) mass is 202 g/mol. The predicted octanol–water partition coefficient (Wildman–Crippen LogP) is -1.50. The molecule has 1 rings (SSSR count). The van der Waals surface area contributed by atoms with E-state index in [1.807, 2.05) is 6.92 Å². The van der Waals surface area contributed by atoms with Gasteiger partial charge >= 0.3 is 0 Å². The summed E-state index contributed by atoms with van der Waals surface area (Å²) in [4.78, 5) is 14.9. The zero-order chi connectivity index (χ0) is 10.7. The minimum atomic E-state index is -0.713. The van der Waals surface area contributed by atoms with E-state index in [1.165, 1.54) is 0 Å². The first-order valence-corrected chi connectivity index (χ1v) is 4.87. The molecule has 1 amide bonds.